The van der Waals surface area contributed by atoms with Crippen molar-refractivity contribution in [3.63, 3.8) is 0 Å². The fourth-order valence-electron chi connectivity index (χ4n) is 2.59. The van der Waals surface area contributed by atoms with E-state index in [1.807, 2.05) is 12.4 Å². The van der Waals surface area contributed by atoms with Crippen molar-refractivity contribution in [1.29, 1.82) is 0 Å². The first-order chi connectivity index (χ1) is 8.70. The van der Waals surface area contributed by atoms with Gasteiger partial charge in [-0.2, -0.15) is 0 Å². The van der Waals surface area contributed by atoms with Crippen LogP contribution < -0.4 is 10.2 Å². The lowest BCUT2D eigenvalue weighted by atomic mass is 10.0. The van der Waals surface area contributed by atoms with Crippen LogP contribution in [0.2, 0.25) is 0 Å². The molecular formula is C14H24N4. The molecule has 2 rings (SSSR count). The molecule has 1 unspecified atom stereocenters. The van der Waals surface area contributed by atoms with Crippen molar-refractivity contribution in [2.24, 2.45) is 0 Å². The van der Waals surface area contributed by atoms with E-state index in [1.54, 1.807) is 0 Å². The van der Waals surface area contributed by atoms with Crippen LogP contribution in [0.25, 0.3) is 0 Å². The van der Waals surface area contributed by atoms with Gasteiger partial charge in [-0.25, -0.2) is 0 Å². The van der Waals surface area contributed by atoms with E-state index in [-0.39, 0.29) is 0 Å². The van der Waals surface area contributed by atoms with Gasteiger partial charge in [-0.05, 0) is 39.4 Å². The van der Waals surface area contributed by atoms with Gasteiger partial charge in [0.1, 0.15) is 0 Å². The number of likely N-dealkylation sites (N-methyl/N-ethyl adjacent to an activating group) is 2. The molecule has 1 aromatic heterocycles. The summed E-state index contributed by atoms with van der Waals surface area (Å²) in [6, 6.07) is 2.79. The lowest BCUT2D eigenvalue weighted by molar-refractivity contribution is 0.248. The number of hydrogen-bond donors (Lipinski definition) is 1. The second kappa shape index (κ2) is 6.05. The van der Waals surface area contributed by atoms with E-state index in [0.29, 0.717) is 6.04 Å². The highest BCUT2D eigenvalue weighted by Crippen LogP contribution is 2.22. The maximum atomic E-state index is 4.32. The van der Waals surface area contributed by atoms with Gasteiger partial charge >= 0.3 is 0 Å². The van der Waals surface area contributed by atoms with Crippen LogP contribution in [-0.2, 0) is 0 Å². The zero-order valence-electron chi connectivity index (χ0n) is 11.7. The smallest absolute Gasteiger partial charge is 0.0573 e. The monoisotopic (exact) mass is 248 g/mol. The zero-order valence-corrected chi connectivity index (χ0v) is 11.7. The van der Waals surface area contributed by atoms with Gasteiger partial charge in [0.15, 0.2) is 0 Å². The topological polar surface area (TPSA) is 31.4 Å². The average Bonchev–Trinajstić information content (AvgIpc) is 2.39. The molecule has 4 heteroatoms. The molecule has 0 spiro atoms. The highest BCUT2D eigenvalue weighted by Gasteiger charge is 2.21. The lowest BCUT2D eigenvalue weighted by Gasteiger charge is -2.37. The van der Waals surface area contributed by atoms with Crippen LogP contribution in [0.3, 0.4) is 0 Å². The minimum Gasteiger partial charge on any atom is -0.384 e. The summed E-state index contributed by atoms with van der Waals surface area (Å²) in [5.74, 6) is 0. The predicted octanol–water partition coefficient (Wildman–Crippen LogP) is 2.04. The highest BCUT2D eigenvalue weighted by atomic mass is 15.2. The van der Waals surface area contributed by atoms with E-state index >= 15 is 0 Å². The molecule has 0 amide bonds. The van der Waals surface area contributed by atoms with E-state index in [2.05, 4.69) is 47.2 Å². The van der Waals surface area contributed by atoms with Crippen molar-refractivity contribution in [1.82, 2.24) is 9.88 Å². The third-order valence-corrected chi connectivity index (χ3v) is 3.66. The summed E-state index contributed by atoms with van der Waals surface area (Å²) in [4.78, 5) is 9.09. The Morgan fingerprint density at radius 2 is 2.33 bits per heavy atom. The van der Waals surface area contributed by atoms with Crippen LogP contribution in [0.15, 0.2) is 18.5 Å². The fraction of sp³-hybridized carbons (Fsp3) is 0.643. The minimum atomic E-state index is 0.599. The van der Waals surface area contributed by atoms with Crippen LogP contribution in [0.4, 0.5) is 11.4 Å². The molecular weight excluding hydrogens is 224 g/mol. The number of rotatable bonds is 4. The second-order valence-electron chi connectivity index (χ2n) is 5.13. The maximum Gasteiger partial charge on any atom is 0.0573 e. The summed E-state index contributed by atoms with van der Waals surface area (Å²) in [6.07, 6.45) is 6.39. The van der Waals surface area contributed by atoms with E-state index in [1.165, 1.54) is 25.1 Å². The van der Waals surface area contributed by atoms with Crippen molar-refractivity contribution in [3.05, 3.63) is 18.5 Å². The number of piperidine rings is 1. The van der Waals surface area contributed by atoms with Gasteiger partial charge in [-0.15, -0.1) is 0 Å². The number of pyridine rings is 1. The SMILES string of the molecule is CCNc1cncc(N(C)C2CCCN(C)C2)c1. The Balaban J connectivity index is 2.07. The van der Waals surface area contributed by atoms with Gasteiger partial charge in [0.2, 0.25) is 0 Å². The van der Waals surface area contributed by atoms with E-state index in [0.717, 1.165) is 18.8 Å². The lowest BCUT2D eigenvalue weighted by Crippen LogP contribution is -2.45. The molecule has 4 nitrogen and oxygen atoms in total. The van der Waals surface area contributed by atoms with E-state index in [4.69, 9.17) is 0 Å². The molecule has 1 aliphatic heterocycles. The zero-order chi connectivity index (χ0) is 13.0. The van der Waals surface area contributed by atoms with Gasteiger partial charge in [-0.1, -0.05) is 0 Å². The summed E-state index contributed by atoms with van der Waals surface area (Å²) in [5, 5.41) is 3.31. The number of hydrogen-bond acceptors (Lipinski definition) is 4. The Hall–Kier alpha value is -1.29. The molecule has 1 atom stereocenters. The van der Waals surface area contributed by atoms with Gasteiger partial charge in [0.05, 0.1) is 23.8 Å². The fourth-order valence-corrected chi connectivity index (χ4v) is 2.59. The Labute approximate surface area is 110 Å². The standard InChI is InChI=1S/C14H24N4/c1-4-16-12-8-14(10-15-9-12)18(3)13-6-5-7-17(2)11-13/h8-10,13,16H,4-7,11H2,1-3H3. The molecule has 1 fully saturated rings. The van der Waals surface area contributed by atoms with Crippen LogP contribution >= 0.6 is 0 Å². The first-order valence-corrected chi connectivity index (χ1v) is 6.81. The summed E-state index contributed by atoms with van der Waals surface area (Å²) in [7, 11) is 4.38. The molecule has 2 heterocycles. The minimum absolute atomic E-state index is 0.599. The summed E-state index contributed by atoms with van der Waals surface area (Å²) < 4.78 is 0. The van der Waals surface area contributed by atoms with Crippen molar-refractivity contribution in [2.75, 3.05) is 43.9 Å². The first-order valence-electron chi connectivity index (χ1n) is 6.81. The summed E-state index contributed by atoms with van der Waals surface area (Å²) >= 11 is 0. The molecule has 18 heavy (non-hydrogen) atoms. The molecule has 0 aliphatic carbocycles. The van der Waals surface area contributed by atoms with E-state index < -0.39 is 0 Å². The van der Waals surface area contributed by atoms with E-state index in [9.17, 15) is 0 Å². The molecule has 100 valence electrons. The third kappa shape index (κ3) is 3.13. The Morgan fingerprint density at radius 1 is 1.50 bits per heavy atom. The molecule has 0 radical (unpaired) electrons. The molecule has 1 aliphatic rings. The summed E-state index contributed by atoms with van der Waals surface area (Å²) in [5.41, 5.74) is 2.31. The van der Waals surface area contributed by atoms with Gasteiger partial charge in [0, 0.05) is 26.2 Å². The normalized spacial score (nSPS) is 20.7. The van der Waals surface area contributed by atoms with Crippen molar-refractivity contribution in [3.8, 4) is 0 Å². The number of nitrogens with one attached hydrogen (secondary N) is 1. The molecule has 0 saturated carbocycles. The van der Waals surface area contributed by atoms with Crippen LogP contribution in [0.5, 0.6) is 0 Å². The Morgan fingerprint density at radius 3 is 3.06 bits per heavy atom. The molecule has 1 saturated heterocycles. The Kier molecular flexibility index (Phi) is 4.42. The highest BCUT2D eigenvalue weighted by molar-refractivity contribution is 5.55. The predicted molar refractivity (Wildman–Crippen MR) is 77.3 cm³/mol. The first kappa shape index (κ1) is 13.1. The van der Waals surface area contributed by atoms with Gasteiger partial charge in [0.25, 0.3) is 0 Å². The maximum absolute atomic E-state index is 4.32. The molecule has 0 aromatic carbocycles. The van der Waals surface area contributed by atoms with Gasteiger partial charge in [-0.3, -0.25) is 4.98 Å². The van der Waals surface area contributed by atoms with Crippen LogP contribution in [0.1, 0.15) is 19.8 Å². The van der Waals surface area contributed by atoms with Crippen molar-refractivity contribution >= 4 is 11.4 Å². The van der Waals surface area contributed by atoms with Crippen molar-refractivity contribution < 1.29 is 0 Å². The van der Waals surface area contributed by atoms with Crippen LogP contribution in [-0.4, -0.2) is 49.7 Å². The number of anilines is 2. The van der Waals surface area contributed by atoms with Gasteiger partial charge < -0.3 is 15.1 Å². The average molecular weight is 248 g/mol. The largest absolute Gasteiger partial charge is 0.384 e. The van der Waals surface area contributed by atoms with Crippen molar-refractivity contribution in [2.45, 2.75) is 25.8 Å². The van der Waals surface area contributed by atoms with Crippen LogP contribution in [0, 0.1) is 0 Å². The molecule has 1 aromatic rings. The molecule has 1 N–H and O–H groups in total. The number of likely N-dealkylation sites (tertiary alicyclic amines) is 1. The number of nitrogens with zero attached hydrogens (tertiary/aromatic N) is 3. The third-order valence-electron chi connectivity index (χ3n) is 3.66. The summed E-state index contributed by atoms with van der Waals surface area (Å²) in [6.45, 7) is 5.40. The number of aromatic nitrogens is 1. The Bertz CT molecular complexity index is 380. The molecule has 0 bridgehead atoms. The second-order valence-corrected chi connectivity index (χ2v) is 5.13. The quantitative estimate of drug-likeness (QED) is 0.883.